The Hall–Kier alpha value is -0.570. The first kappa shape index (κ1) is 14.8. The van der Waals surface area contributed by atoms with E-state index in [9.17, 15) is 4.79 Å². The molecule has 110 valence electrons. The van der Waals surface area contributed by atoms with E-state index in [0.717, 1.165) is 45.2 Å². The van der Waals surface area contributed by atoms with Gasteiger partial charge in [-0.15, -0.1) is 0 Å². The van der Waals surface area contributed by atoms with Crippen LogP contribution in [0.3, 0.4) is 0 Å². The van der Waals surface area contributed by atoms with Gasteiger partial charge >= 0.3 is 5.97 Å². The van der Waals surface area contributed by atoms with Crippen molar-refractivity contribution in [3.63, 3.8) is 0 Å². The van der Waals surface area contributed by atoms with Gasteiger partial charge in [-0.1, -0.05) is 27.2 Å². The number of carbonyl (C=O) groups is 1. The van der Waals surface area contributed by atoms with Crippen LogP contribution in [-0.4, -0.2) is 25.2 Å². The van der Waals surface area contributed by atoms with Crippen molar-refractivity contribution in [1.82, 2.24) is 5.32 Å². The maximum absolute atomic E-state index is 12.5. The molecule has 1 atom stereocenters. The summed E-state index contributed by atoms with van der Waals surface area (Å²) in [6.07, 6.45) is 7.52. The average molecular weight is 267 g/mol. The van der Waals surface area contributed by atoms with Crippen molar-refractivity contribution >= 4 is 5.97 Å². The lowest BCUT2D eigenvalue weighted by Gasteiger charge is -2.35. The molecule has 0 amide bonds. The molecule has 0 aromatic carbocycles. The number of rotatable bonds is 4. The summed E-state index contributed by atoms with van der Waals surface area (Å²) in [5, 5.41) is 3.33. The van der Waals surface area contributed by atoms with Crippen LogP contribution in [0.25, 0.3) is 0 Å². The largest absolute Gasteiger partial charge is 0.462 e. The third-order valence-electron chi connectivity index (χ3n) is 4.97. The molecule has 0 radical (unpaired) electrons. The van der Waals surface area contributed by atoms with E-state index in [1.807, 2.05) is 0 Å². The van der Waals surface area contributed by atoms with E-state index in [-0.39, 0.29) is 17.5 Å². The number of hydrogen-bond donors (Lipinski definition) is 1. The lowest BCUT2D eigenvalue weighted by Crippen LogP contribution is -2.38. The Morgan fingerprint density at radius 2 is 1.95 bits per heavy atom. The van der Waals surface area contributed by atoms with Crippen LogP contribution < -0.4 is 5.32 Å². The summed E-state index contributed by atoms with van der Waals surface area (Å²) < 4.78 is 5.85. The molecular formula is C16H29NO2. The van der Waals surface area contributed by atoms with Gasteiger partial charge in [0.1, 0.15) is 6.10 Å². The van der Waals surface area contributed by atoms with Crippen molar-refractivity contribution in [2.45, 2.75) is 71.8 Å². The van der Waals surface area contributed by atoms with Crippen LogP contribution in [0.2, 0.25) is 0 Å². The lowest BCUT2D eigenvalue weighted by molar-refractivity contribution is -0.163. The fraction of sp³-hybridized carbons (Fsp3) is 0.938. The molecule has 1 saturated heterocycles. The molecule has 1 saturated carbocycles. The van der Waals surface area contributed by atoms with Gasteiger partial charge in [0, 0.05) is 6.54 Å². The zero-order valence-corrected chi connectivity index (χ0v) is 12.8. The monoisotopic (exact) mass is 267 g/mol. The second kappa shape index (κ2) is 5.82. The molecule has 2 rings (SSSR count). The van der Waals surface area contributed by atoms with Gasteiger partial charge in [-0.3, -0.25) is 4.79 Å². The van der Waals surface area contributed by atoms with Crippen molar-refractivity contribution in [1.29, 1.82) is 0 Å². The second-order valence-electron chi connectivity index (χ2n) is 7.23. The quantitative estimate of drug-likeness (QED) is 0.794. The summed E-state index contributed by atoms with van der Waals surface area (Å²) >= 11 is 0. The smallest absolute Gasteiger partial charge is 0.313 e. The number of esters is 1. The Balaban J connectivity index is 1.89. The summed E-state index contributed by atoms with van der Waals surface area (Å²) in [6.45, 7) is 8.52. The average Bonchev–Trinajstić information content (AvgIpc) is 2.82. The topological polar surface area (TPSA) is 38.3 Å². The van der Waals surface area contributed by atoms with Crippen LogP contribution in [0.4, 0.5) is 0 Å². The van der Waals surface area contributed by atoms with Gasteiger partial charge < -0.3 is 10.1 Å². The highest BCUT2D eigenvalue weighted by Gasteiger charge is 2.43. The van der Waals surface area contributed by atoms with Crippen LogP contribution >= 0.6 is 0 Å². The maximum Gasteiger partial charge on any atom is 0.313 e. The van der Waals surface area contributed by atoms with Gasteiger partial charge in [-0.05, 0) is 50.5 Å². The molecule has 1 N–H and O–H groups in total. The molecule has 1 aliphatic carbocycles. The standard InChI is InChI=1S/C16H29NO2/c1-4-7-16(10-11-17-12-16)14(18)19-13-5-8-15(2,3)9-6-13/h13,17H,4-12H2,1-3H3. The highest BCUT2D eigenvalue weighted by atomic mass is 16.5. The maximum atomic E-state index is 12.5. The van der Waals surface area contributed by atoms with Crippen LogP contribution in [0.5, 0.6) is 0 Å². The summed E-state index contributed by atoms with van der Waals surface area (Å²) in [7, 11) is 0. The number of ether oxygens (including phenoxy) is 1. The Bertz CT molecular complexity index is 309. The van der Waals surface area contributed by atoms with E-state index in [1.54, 1.807) is 0 Å². The molecule has 1 aliphatic heterocycles. The minimum Gasteiger partial charge on any atom is -0.462 e. The van der Waals surface area contributed by atoms with Gasteiger partial charge in [0.05, 0.1) is 5.41 Å². The van der Waals surface area contributed by atoms with Gasteiger partial charge in [0.15, 0.2) is 0 Å². The SMILES string of the molecule is CCCC1(C(=O)OC2CCC(C)(C)CC2)CCNC1. The second-order valence-corrected chi connectivity index (χ2v) is 7.23. The number of hydrogen-bond acceptors (Lipinski definition) is 3. The van der Waals surface area contributed by atoms with E-state index in [2.05, 4.69) is 26.1 Å². The molecule has 2 fully saturated rings. The van der Waals surface area contributed by atoms with Gasteiger partial charge in [0.2, 0.25) is 0 Å². The van der Waals surface area contributed by atoms with Gasteiger partial charge in [0.25, 0.3) is 0 Å². The zero-order valence-electron chi connectivity index (χ0n) is 12.8. The predicted octanol–water partition coefficient (Wildman–Crippen LogP) is 3.28. The molecule has 0 aromatic heterocycles. The molecule has 3 heteroatoms. The summed E-state index contributed by atoms with van der Waals surface area (Å²) in [5.74, 6) is 0.0593. The van der Waals surface area contributed by atoms with Crippen LogP contribution in [-0.2, 0) is 9.53 Å². The van der Waals surface area contributed by atoms with Crippen LogP contribution in [0.1, 0.15) is 65.7 Å². The fourth-order valence-electron chi connectivity index (χ4n) is 3.48. The molecule has 0 bridgehead atoms. The Morgan fingerprint density at radius 3 is 2.47 bits per heavy atom. The summed E-state index contributed by atoms with van der Waals surface area (Å²) in [6, 6.07) is 0. The van der Waals surface area contributed by atoms with E-state index in [4.69, 9.17) is 4.74 Å². The Morgan fingerprint density at radius 1 is 1.26 bits per heavy atom. The third kappa shape index (κ3) is 3.50. The van der Waals surface area contributed by atoms with E-state index in [0.29, 0.717) is 5.41 Å². The molecule has 19 heavy (non-hydrogen) atoms. The first-order valence-electron chi connectivity index (χ1n) is 7.89. The molecule has 0 aromatic rings. The first-order valence-corrected chi connectivity index (χ1v) is 7.89. The van der Waals surface area contributed by atoms with Crippen LogP contribution in [0.15, 0.2) is 0 Å². The van der Waals surface area contributed by atoms with Crippen molar-refractivity contribution in [3.05, 3.63) is 0 Å². The fourth-order valence-corrected chi connectivity index (χ4v) is 3.48. The van der Waals surface area contributed by atoms with Gasteiger partial charge in [-0.25, -0.2) is 0 Å². The summed E-state index contributed by atoms with van der Waals surface area (Å²) in [5.41, 5.74) is 0.195. The van der Waals surface area contributed by atoms with E-state index < -0.39 is 0 Å². The highest BCUT2D eigenvalue weighted by Crippen LogP contribution is 2.38. The number of nitrogens with one attached hydrogen (secondary N) is 1. The normalized spacial score (nSPS) is 31.3. The van der Waals surface area contributed by atoms with Crippen molar-refractivity contribution < 1.29 is 9.53 Å². The zero-order chi connectivity index (χ0) is 13.9. The number of carbonyl (C=O) groups excluding carboxylic acids is 1. The molecule has 1 unspecified atom stereocenters. The minimum atomic E-state index is -0.234. The van der Waals surface area contributed by atoms with Gasteiger partial charge in [-0.2, -0.15) is 0 Å². The van der Waals surface area contributed by atoms with Crippen molar-refractivity contribution in [2.75, 3.05) is 13.1 Å². The minimum absolute atomic E-state index is 0.0593. The first-order chi connectivity index (χ1) is 8.97. The van der Waals surface area contributed by atoms with Crippen molar-refractivity contribution in [2.24, 2.45) is 10.8 Å². The summed E-state index contributed by atoms with van der Waals surface area (Å²) in [4.78, 5) is 12.5. The Kier molecular flexibility index (Phi) is 4.54. The molecule has 3 nitrogen and oxygen atoms in total. The van der Waals surface area contributed by atoms with Crippen molar-refractivity contribution in [3.8, 4) is 0 Å². The third-order valence-corrected chi connectivity index (χ3v) is 4.97. The van der Waals surface area contributed by atoms with E-state index in [1.165, 1.54) is 12.8 Å². The van der Waals surface area contributed by atoms with Crippen LogP contribution in [0, 0.1) is 10.8 Å². The molecule has 1 heterocycles. The lowest BCUT2D eigenvalue weighted by atomic mass is 9.76. The molecule has 2 aliphatic rings. The molecule has 0 spiro atoms. The molecular weight excluding hydrogens is 238 g/mol. The highest BCUT2D eigenvalue weighted by molar-refractivity contribution is 5.77. The Labute approximate surface area is 117 Å². The predicted molar refractivity (Wildman–Crippen MR) is 77.0 cm³/mol. The van der Waals surface area contributed by atoms with E-state index >= 15 is 0 Å².